The summed E-state index contributed by atoms with van der Waals surface area (Å²) in [6, 6.07) is 17.6. The maximum Gasteiger partial charge on any atom is 0.251 e. The Labute approximate surface area is 176 Å². The second-order valence-electron chi connectivity index (χ2n) is 7.61. The Morgan fingerprint density at radius 1 is 1.03 bits per heavy atom. The van der Waals surface area contributed by atoms with Crippen LogP contribution in [0.4, 0.5) is 0 Å². The van der Waals surface area contributed by atoms with Gasteiger partial charge in [0.15, 0.2) is 0 Å². The van der Waals surface area contributed by atoms with E-state index in [1.807, 2.05) is 6.92 Å². The van der Waals surface area contributed by atoms with Gasteiger partial charge < -0.3 is 9.73 Å². The zero-order valence-electron chi connectivity index (χ0n) is 16.7. The molecule has 0 spiro atoms. The minimum atomic E-state index is -3.73. The molecule has 7 heteroatoms. The molecule has 1 aliphatic rings. The monoisotopic (exact) mass is 424 g/mol. The number of carbonyl (C=O) groups excluding carboxylic acids is 1. The van der Waals surface area contributed by atoms with Crippen LogP contribution in [0.1, 0.15) is 40.1 Å². The summed E-state index contributed by atoms with van der Waals surface area (Å²) in [6.45, 7) is 2.20. The lowest BCUT2D eigenvalue weighted by molar-refractivity contribution is 0.0951. The Balaban J connectivity index is 1.56. The molecule has 1 saturated carbocycles. The molecule has 0 aliphatic heterocycles. The van der Waals surface area contributed by atoms with Crippen LogP contribution < -0.4 is 5.32 Å². The van der Waals surface area contributed by atoms with E-state index in [0.717, 1.165) is 24.0 Å². The first-order chi connectivity index (χ1) is 14.4. The molecule has 30 heavy (non-hydrogen) atoms. The first kappa shape index (κ1) is 20.4. The standard InChI is InChI=1S/C23H24N2O4S/c1-17-4-12-22(13-5-17)30(27,28)25(16-21-3-2-14-29-21)15-18-6-8-19(9-7-18)23(26)24-20-10-11-20/h2-9,12-14,20H,10-11,15-16H2,1H3,(H,24,26). The van der Waals surface area contributed by atoms with Gasteiger partial charge in [0.1, 0.15) is 5.76 Å². The highest BCUT2D eigenvalue weighted by molar-refractivity contribution is 7.89. The molecule has 0 atom stereocenters. The number of benzene rings is 2. The van der Waals surface area contributed by atoms with E-state index in [0.29, 0.717) is 17.4 Å². The molecule has 0 saturated heterocycles. The molecule has 0 radical (unpaired) electrons. The molecule has 6 nitrogen and oxygen atoms in total. The number of hydrogen-bond acceptors (Lipinski definition) is 4. The average Bonchev–Trinajstić information content (AvgIpc) is 3.40. The zero-order valence-corrected chi connectivity index (χ0v) is 17.6. The molecule has 0 bridgehead atoms. The third-order valence-corrected chi connectivity index (χ3v) is 6.86. The van der Waals surface area contributed by atoms with Gasteiger partial charge in [0.25, 0.3) is 5.91 Å². The van der Waals surface area contributed by atoms with Crippen LogP contribution in [0.15, 0.2) is 76.2 Å². The number of aryl methyl sites for hydroxylation is 1. The lowest BCUT2D eigenvalue weighted by Gasteiger charge is -2.21. The lowest BCUT2D eigenvalue weighted by Crippen LogP contribution is -2.30. The van der Waals surface area contributed by atoms with Crippen LogP contribution in [0.3, 0.4) is 0 Å². The van der Waals surface area contributed by atoms with Gasteiger partial charge in [-0.1, -0.05) is 29.8 Å². The molecule has 1 aliphatic carbocycles. The summed E-state index contributed by atoms with van der Waals surface area (Å²) >= 11 is 0. The Bertz CT molecular complexity index is 1100. The average molecular weight is 425 g/mol. The number of carbonyl (C=O) groups is 1. The molecule has 1 aromatic heterocycles. The summed E-state index contributed by atoms with van der Waals surface area (Å²) in [5.41, 5.74) is 2.36. The highest BCUT2D eigenvalue weighted by Crippen LogP contribution is 2.23. The summed E-state index contributed by atoms with van der Waals surface area (Å²) < 4.78 is 33.4. The second kappa shape index (κ2) is 8.45. The largest absolute Gasteiger partial charge is 0.468 e. The maximum atomic E-state index is 13.3. The highest BCUT2D eigenvalue weighted by Gasteiger charge is 2.26. The molecular weight excluding hydrogens is 400 g/mol. The molecular formula is C23H24N2O4S. The van der Waals surface area contributed by atoms with E-state index >= 15 is 0 Å². The van der Waals surface area contributed by atoms with Gasteiger partial charge in [-0.3, -0.25) is 4.79 Å². The molecule has 4 rings (SSSR count). The number of rotatable bonds is 8. The Hall–Kier alpha value is -2.90. The summed E-state index contributed by atoms with van der Waals surface area (Å²) in [5.74, 6) is 0.467. The minimum absolute atomic E-state index is 0.0937. The van der Waals surface area contributed by atoms with Crippen LogP contribution in [-0.2, 0) is 23.1 Å². The second-order valence-corrected chi connectivity index (χ2v) is 9.55. The smallest absolute Gasteiger partial charge is 0.251 e. The first-order valence-corrected chi connectivity index (χ1v) is 11.3. The number of amides is 1. The lowest BCUT2D eigenvalue weighted by atomic mass is 10.1. The third-order valence-electron chi connectivity index (χ3n) is 5.06. The van der Waals surface area contributed by atoms with E-state index in [1.165, 1.54) is 10.6 Å². The number of hydrogen-bond donors (Lipinski definition) is 1. The van der Waals surface area contributed by atoms with Crippen molar-refractivity contribution in [2.75, 3.05) is 0 Å². The van der Waals surface area contributed by atoms with Gasteiger partial charge >= 0.3 is 0 Å². The van der Waals surface area contributed by atoms with Crippen molar-refractivity contribution in [1.29, 1.82) is 0 Å². The Morgan fingerprint density at radius 3 is 2.33 bits per heavy atom. The Kier molecular flexibility index (Phi) is 5.74. The summed E-state index contributed by atoms with van der Waals surface area (Å²) in [6.07, 6.45) is 3.59. The molecule has 1 fully saturated rings. The molecule has 1 N–H and O–H groups in total. The number of nitrogens with one attached hydrogen (secondary N) is 1. The van der Waals surface area contributed by atoms with Crippen molar-refractivity contribution in [3.05, 3.63) is 89.4 Å². The van der Waals surface area contributed by atoms with Crippen molar-refractivity contribution in [3.8, 4) is 0 Å². The SMILES string of the molecule is Cc1ccc(S(=O)(=O)N(Cc2ccc(C(=O)NC3CC3)cc2)Cc2ccco2)cc1. The van der Waals surface area contributed by atoms with Crippen molar-refractivity contribution >= 4 is 15.9 Å². The van der Waals surface area contributed by atoms with Crippen LogP contribution in [0.2, 0.25) is 0 Å². The van der Waals surface area contributed by atoms with E-state index in [4.69, 9.17) is 4.42 Å². The van der Waals surface area contributed by atoms with Gasteiger partial charge in [-0.2, -0.15) is 4.31 Å². The van der Waals surface area contributed by atoms with Crippen molar-refractivity contribution < 1.29 is 17.6 Å². The van der Waals surface area contributed by atoms with Crippen LogP contribution in [0.25, 0.3) is 0 Å². The van der Waals surface area contributed by atoms with E-state index in [9.17, 15) is 13.2 Å². The minimum Gasteiger partial charge on any atom is -0.468 e. The van der Waals surface area contributed by atoms with Crippen LogP contribution in [-0.4, -0.2) is 24.7 Å². The zero-order chi connectivity index (χ0) is 21.1. The summed E-state index contributed by atoms with van der Waals surface area (Å²) in [4.78, 5) is 12.4. The van der Waals surface area contributed by atoms with E-state index in [1.54, 1.807) is 60.7 Å². The van der Waals surface area contributed by atoms with Gasteiger partial charge in [0, 0.05) is 18.2 Å². The van der Waals surface area contributed by atoms with Gasteiger partial charge in [-0.05, 0) is 61.7 Å². The highest BCUT2D eigenvalue weighted by atomic mass is 32.2. The predicted molar refractivity (Wildman–Crippen MR) is 113 cm³/mol. The van der Waals surface area contributed by atoms with Crippen LogP contribution in [0, 0.1) is 6.92 Å². The molecule has 156 valence electrons. The summed E-state index contributed by atoms with van der Waals surface area (Å²) in [7, 11) is -3.73. The topological polar surface area (TPSA) is 79.6 Å². The molecule has 2 aromatic carbocycles. The van der Waals surface area contributed by atoms with E-state index in [2.05, 4.69) is 5.32 Å². The van der Waals surface area contributed by atoms with Gasteiger partial charge in [0.05, 0.1) is 17.7 Å². The number of furan rings is 1. The maximum absolute atomic E-state index is 13.3. The van der Waals surface area contributed by atoms with Crippen LogP contribution >= 0.6 is 0 Å². The fourth-order valence-electron chi connectivity index (χ4n) is 3.12. The van der Waals surface area contributed by atoms with E-state index < -0.39 is 10.0 Å². The Morgan fingerprint density at radius 2 is 1.73 bits per heavy atom. The third kappa shape index (κ3) is 4.80. The normalized spacial score (nSPS) is 14.1. The van der Waals surface area contributed by atoms with Crippen molar-refractivity contribution in [2.24, 2.45) is 0 Å². The molecule has 1 amide bonds. The van der Waals surface area contributed by atoms with Crippen LogP contribution in [0.5, 0.6) is 0 Å². The number of sulfonamides is 1. The van der Waals surface area contributed by atoms with Gasteiger partial charge in [-0.25, -0.2) is 8.42 Å². The fourth-order valence-corrected chi connectivity index (χ4v) is 4.52. The van der Waals surface area contributed by atoms with Crippen molar-refractivity contribution in [1.82, 2.24) is 9.62 Å². The summed E-state index contributed by atoms with van der Waals surface area (Å²) in [5, 5.41) is 2.95. The first-order valence-electron chi connectivity index (χ1n) is 9.91. The molecule has 1 heterocycles. The van der Waals surface area contributed by atoms with Gasteiger partial charge in [0.2, 0.25) is 10.0 Å². The quantitative estimate of drug-likeness (QED) is 0.595. The van der Waals surface area contributed by atoms with Gasteiger partial charge in [-0.15, -0.1) is 0 Å². The molecule has 0 unspecified atom stereocenters. The molecule has 3 aromatic rings. The fraction of sp³-hybridized carbons (Fsp3) is 0.261. The van der Waals surface area contributed by atoms with Crippen molar-refractivity contribution in [2.45, 2.75) is 43.8 Å². The predicted octanol–water partition coefficient (Wildman–Crippen LogP) is 3.87. The van der Waals surface area contributed by atoms with Crippen molar-refractivity contribution in [3.63, 3.8) is 0 Å². The number of nitrogens with zero attached hydrogens (tertiary/aromatic N) is 1. The van der Waals surface area contributed by atoms with E-state index in [-0.39, 0.29) is 23.9 Å².